The molecule has 0 bridgehead atoms. The van der Waals surface area contributed by atoms with E-state index in [1.807, 2.05) is 25.7 Å². The van der Waals surface area contributed by atoms with Gasteiger partial charge in [-0.3, -0.25) is 0 Å². The molecule has 0 aromatic carbocycles. The van der Waals surface area contributed by atoms with Crippen molar-refractivity contribution in [3.63, 3.8) is 0 Å². The highest BCUT2D eigenvalue weighted by Gasteiger charge is 2.35. The molecule has 3 atom stereocenters. The minimum absolute atomic E-state index is 0.181. The topological polar surface area (TPSA) is 49.8 Å². The van der Waals surface area contributed by atoms with E-state index in [-0.39, 0.29) is 24.8 Å². The molecule has 1 aliphatic rings. The number of piperidine rings is 1. The van der Waals surface area contributed by atoms with Gasteiger partial charge in [0.25, 0.3) is 0 Å². The van der Waals surface area contributed by atoms with Gasteiger partial charge in [-0.05, 0) is 59.8 Å². The van der Waals surface area contributed by atoms with Crippen molar-refractivity contribution in [1.82, 2.24) is 4.90 Å². The zero-order chi connectivity index (χ0) is 13.9. The first-order valence-corrected chi connectivity index (χ1v) is 6.86. The number of rotatable bonds is 2. The molecule has 1 aliphatic heterocycles. The average molecular weight is 257 g/mol. The summed E-state index contributed by atoms with van der Waals surface area (Å²) in [4.78, 5) is 14.0. The third kappa shape index (κ3) is 4.16. The van der Waals surface area contributed by atoms with Crippen molar-refractivity contribution < 1.29 is 14.6 Å². The van der Waals surface area contributed by atoms with Crippen LogP contribution in [-0.2, 0) is 4.74 Å². The summed E-state index contributed by atoms with van der Waals surface area (Å²) < 4.78 is 5.45. The number of hydrogen-bond acceptors (Lipinski definition) is 3. The summed E-state index contributed by atoms with van der Waals surface area (Å²) in [7, 11) is 0. The van der Waals surface area contributed by atoms with E-state index < -0.39 is 5.60 Å². The molecule has 106 valence electrons. The highest BCUT2D eigenvalue weighted by molar-refractivity contribution is 5.69. The van der Waals surface area contributed by atoms with Crippen LogP contribution in [-0.4, -0.2) is 40.4 Å². The van der Waals surface area contributed by atoms with Crippen LogP contribution >= 0.6 is 0 Å². The molecule has 4 heteroatoms. The van der Waals surface area contributed by atoms with Crippen LogP contribution in [0.25, 0.3) is 0 Å². The molecule has 0 saturated carbocycles. The first kappa shape index (κ1) is 15.3. The average Bonchev–Trinajstić information content (AvgIpc) is 2.13. The second kappa shape index (κ2) is 5.91. The minimum Gasteiger partial charge on any atom is -0.444 e. The Bertz CT molecular complexity index is 273. The molecule has 0 spiro atoms. The van der Waals surface area contributed by atoms with Gasteiger partial charge < -0.3 is 14.7 Å². The van der Waals surface area contributed by atoms with Gasteiger partial charge in [0.15, 0.2) is 0 Å². The van der Waals surface area contributed by atoms with Gasteiger partial charge in [0, 0.05) is 18.7 Å². The number of ether oxygens (including phenoxy) is 1. The van der Waals surface area contributed by atoms with Gasteiger partial charge in [-0.25, -0.2) is 4.79 Å². The number of hydrogen-bond donors (Lipinski definition) is 1. The van der Waals surface area contributed by atoms with Gasteiger partial charge in [0.2, 0.25) is 0 Å². The van der Waals surface area contributed by atoms with Crippen LogP contribution < -0.4 is 0 Å². The maximum absolute atomic E-state index is 12.2. The molecular weight excluding hydrogens is 230 g/mol. The lowest BCUT2D eigenvalue weighted by atomic mass is 9.85. The number of aliphatic hydroxyl groups is 1. The van der Waals surface area contributed by atoms with Crippen LogP contribution in [0.2, 0.25) is 0 Å². The van der Waals surface area contributed by atoms with E-state index in [1.54, 1.807) is 0 Å². The predicted octanol–water partition coefficient (Wildman–Crippen LogP) is 2.79. The van der Waals surface area contributed by atoms with Crippen LogP contribution in [0.15, 0.2) is 0 Å². The smallest absolute Gasteiger partial charge is 0.410 e. The molecule has 0 aromatic heterocycles. The number of carbonyl (C=O) groups is 1. The molecule has 0 aromatic rings. The number of nitrogens with zero attached hydrogens (tertiary/aromatic N) is 1. The van der Waals surface area contributed by atoms with Crippen LogP contribution in [0.3, 0.4) is 0 Å². The fraction of sp³-hybridized carbons (Fsp3) is 0.929. The van der Waals surface area contributed by atoms with Gasteiger partial charge in [0.1, 0.15) is 5.60 Å². The fourth-order valence-corrected chi connectivity index (χ4v) is 2.82. The van der Waals surface area contributed by atoms with Crippen molar-refractivity contribution in [1.29, 1.82) is 0 Å². The molecule has 1 amide bonds. The first-order valence-electron chi connectivity index (χ1n) is 6.86. The maximum Gasteiger partial charge on any atom is 0.410 e. The molecule has 4 nitrogen and oxygen atoms in total. The molecule has 18 heavy (non-hydrogen) atoms. The van der Waals surface area contributed by atoms with Gasteiger partial charge in [-0.15, -0.1) is 0 Å². The van der Waals surface area contributed by atoms with Crippen molar-refractivity contribution >= 4 is 6.09 Å². The molecule has 0 radical (unpaired) electrons. The minimum atomic E-state index is -0.446. The molecule has 1 N–H and O–H groups in total. The van der Waals surface area contributed by atoms with E-state index in [2.05, 4.69) is 13.8 Å². The van der Waals surface area contributed by atoms with Crippen molar-refractivity contribution in [3.05, 3.63) is 0 Å². The lowest BCUT2D eigenvalue weighted by Crippen LogP contribution is -2.51. The van der Waals surface area contributed by atoms with Crippen LogP contribution in [0, 0.1) is 5.92 Å². The third-order valence-electron chi connectivity index (χ3n) is 3.44. The highest BCUT2D eigenvalue weighted by atomic mass is 16.6. The summed E-state index contributed by atoms with van der Waals surface area (Å²) in [5.74, 6) is 0.513. The Morgan fingerprint density at radius 1 is 1.28 bits per heavy atom. The van der Waals surface area contributed by atoms with Crippen molar-refractivity contribution in [2.75, 3.05) is 6.61 Å². The van der Waals surface area contributed by atoms with Crippen LogP contribution in [0.4, 0.5) is 4.79 Å². The highest BCUT2D eigenvalue weighted by Crippen LogP contribution is 2.30. The Balaban J connectivity index is 2.64. The molecular formula is C14H27NO3. The van der Waals surface area contributed by atoms with Gasteiger partial charge in [-0.1, -0.05) is 0 Å². The van der Waals surface area contributed by atoms with Crippen molar-refractivity contribution in [2.24, 2.45) is 5.92 Å². The SMILES string of the molecule is C[C@@H]1CC(CCO)C[C@H](C)N1C(=O)OC(C)(C)C. The number of amides is 1. The Morgan fingerprint density at radius 2 is 1.78 bits per heavy atom. The van der Waals surface area contributed by atoms with Crippen molar-refractivity contribution in [2.45, 2.75) is 71.6 Å². The summed E-state index contributed by atoms with van der Waals surface area (Å²) in [6.45, 7) is 10.0. The van der Waals surface area contributed by atoms with E-state index in [9.17, 15) is 4.79 Å². The van der Waals surface area contributed by atoms with E-state index in [0.717, 1.165) is 19.3 Å². The summed E-state index contributed by atoms with van der Waals surface area (Å²) in [5, 5.41) is 9.01. The van der Waals surface area contributed by atoms with E-state index in [0.29, 0.717) is 5.92 Å². The molecule has 1 fully saturated rings. The van der Waals surface area contributed by atoms with Crippen LogP contribution in [0.1, 0.15) is 53.9 Å². The number of likely N-dealkylation sites (tertiary alicyclic amines) is 1. The van der Waals surface area contributed by atoms with Gasteiger partial charge in [0.05, 0.1) is 0 Å². The second-order valence-corrected chi connectivity index (χ2v) is 6.44. The monoisotopic (exact) mass is 257 g/mol. The lowest BCUT2D eigenvalue weighted by Gasteiger charge is -2.42. The molecule has 1 saturated heterocycles. The Kier molecular flexibility index (Phi) is 5.02. The Hall–Kier alpha value is -0.770. The second-order valence-electron chi connectivity index (χ2n) is 6.44. The lowest BCUT2D eigenvalue weighted by molar-refractivity contribution is -0.00876. The third-order valence-corrected chi connectivity index (χ3v) is 3.44. The van der Waals surface area contributed by atoms with Gasteiger partial charge >= 0.3 is 6.09 Å². The standard InChI is InChI=1S/C14H27NO3/c1-10-8-12(6-7-16)9-11(2)15(10)13(17)18-14(3,4)5/h10-12,16H,6-9H2,1-5H3/t10-,11+,12?. The number of carbonyl (C=O) groups excluding carboxylic acids is 1. The van der Waals surface area contributed by atoms with E-state index >= 15 is 0 Å². The summed E-state index contributed by atoms with van der Waals surface area (Å²) in [6, 6.07) is 0.361. The summed E-state index contributed by atoms with van der Waals surface area (Å²) >= 11 is 0. The molecule has 1 heterocycles. The quantitative estimate of drug-likeness (QED) is 0.827. The Labute approximate surface area is 110 Å². The fourth-order valence-electron chi connectivity index (χ4n) is 2.82. The zero-order valence-electron chi connectivity index (χ0n) is 12.3. The maximum atomic E-state index is 12.2. The first-order chi connectivity index (χ1) is 8.24. The summed E-state index contributed by atoms with van der Waals surface area (Å²) in [5.41, 5.74) is -0.446. The largest absolute Gasteiger partial charge is 0.444 e. The molecule has 0 aliphatic carbocycles. The Morgan fingerprint density at radius 3 is 2.17 bits per heavy atom. The van der Waals surface area contributed by atoms with Crippen molar-refractivity contribution in [3.8, 4) is 0 Å². The number of aliphatic hydroxyl groups excluding tert-OH is 1. The van der Waals surface area contributed by atoms with E-state index in [1.165, 1.54) is 0 Å². The van der Waals surface area contributed by atoms with E-state index in [4.69, 9.17) is 9.84 Å². The van der Waals surface area contributed by atoms with Gasteiger partial charge in [-0.2, -0.15) is 0 Å². The summed E-state index contributed by atoms with van der Waals surface area (Å²) in [6.07, 6.45) is 2.51. The molecule has 1 rings (SSSR count). The predicted molar refractivity (Wildman–Crippen MR) is 71.4 cm³/mol. The molecule has 1 unspecified atom stereocenters. The van der Waals surface area contributed by atoms with Crippen LogP contribution in [0.5, 0.6) is 0 Å². The zero-order valence-corrected chi connectivity index (χ0v) is 12.3. The normalized spacial score (nSPS) is 29.2.